The van der Waals surface area contributed by atoms with E-state index >= 15 is 0 Å². The molecule has 1 aromatic carbocycles. The van der Waals surface area contributed by atoms with Crippen molar-refractivity contribution in [1.82, 2.24) is 0 Å². The number of aryl methyl sites for hydroxylation is 1. The minimum absolute atomic E-state index is 0.128. The minimum atomic E-state index is 0.128. The van der Waals surface area contributed by atoms with Gasteiger partial charge in [-0.2, -0.15) is 0 Å². The lowest BCUT2D eigenvalue weighted by Crippen LogP contribution is -2.39. The molecular weight excluding hydrogens is 196 g/mol. The molecule has 0 amide bonds. The highest BCUT2D eigenvalue weighted by atomic mass is 16.3. The fourth-order valence-electron chi connectivity index (χ4n) is 3.39. The third-order valence-corrected chi connectivity index (χ3v) is 4.58. The van der Waals surface area contributed by atoms with Gasteiger partial charge in [-0.25, -0.2) is 0 Å². The van der Waals surface area contributed by atoms with Gasteiger partial charge in [0.15, 0.2) is 0 Å². The van der Waals surface area contributed by atoms with Crippen LogP contribution in [0.5, 0.6) is 0 Å². The smallest absolute Gasteiger partial charge is 0.0528 e. The second-order valence-corrected chi connectivity index (χ2v) is 5.44. The highest BCUT2D eigenvalue weighted by Crippen LogP contribution is 2.46. The Bertz CT molecular complexity index is 385. The van der Waals surface area contributed by atoms with Crippen LogP contribution in [-0.2, 0) is 18.3 Å². The highest BCUT2D eigenvalue weighted by Gasteiger charge is 2.39. The molecule has 3 rings (SSSR count). The molecule has 0 radical (unpaired) electrons. The molecule has 1 N–H and O–H groups in total. The summed E-state index contributed by atoms with van der Waals surface area (Å²) in [7, 11) is 0. The number of rotatable bonds is 2. The van der Waals surface area contributed by atoms with Crippen LogP contribution in [0.2, 0.25) is 0 Å². The summed E-state index contributed by atoms with van der Waals surface area (Å²) in [6.45, 7) is 0.337. The second kappa shape index (κ2) is 3.89. The topological polar surface area (TPSA) is 20.2 Å². The van der Waals surface area contributed by atoms with Gasteiger partial charge in [-0.05, 0) is 55.2 Å². The summed E-state index contributed by atoms with van der Waals surface area (Å²) in [6, 6.07) is 6.73. The summed E-state index contributed by atoms with van der Waals surface area (Å²) < 4.78 is 0. The normalized spacial score (nSPS) is 22.3. The van der Waals surface area contributed by atoms with Gasteiger partial charge < -0.3 is 5.11 Å². The van der Waals surface area contributed by atoms with Crippen LogP contribution >= 0.6 is 0 Å². The van der Waals surface area contributed by atoms with Gasteiger partial charge in [0.2, 0.25) is 0 Å². The van der Waals surface area contributed by atoms with E-state index in [1.807, 2.05) is 0 Å². The number of aliphatic hydroxyl groups excluding tert-OH is 1. The third kappa shape index (κ3) is 1.41. The number of fused-ring (bicyclic) bond motifs is 1. The van der Waals surface area contributed by atoms with E-state index in [4.69, 9.17) is 0 Å². The molecule has 0 heterocycles. The van der Waals surface area contributed by atoms with Crippen LogP contribution < -0.4 is 0 Å². The van der Waals surface area contributed by atoms with Crippen molar-refractivity contribution in [2.24, 2.45) is 0 Å². The van der Waals surface area contributed by atoms with Gasteiger partial charge in [0.05, 0.1) is 6.61 Å². The molecule has 0 aromatic heterocycles. The first kappa shape index (κ1) is 10.3. The first-order valence-corrected chi connectivity index (χ1v) is 6.58. The van der Waals surface area contributed by atoms with Crippen molar-refractivity contribution in [3.8, 4) is 0 Å². The molecule has 0 saturated heterocycles. The van der Waals surface area contributed by atoms with Gasteiger partial charge in [0.1, 0.15) is 0 Å². The van der Waals surface area contributed by atoms with E-state index in [2.05, 4.69) is 18.2 Å². The molecule has 0 aliphatic heterocycles. The summed E-state index contributed by atoms with van der Waals surface area (Å²) in [6.07, 6.45) is 8.77. The van der Waals surface area contributed by atoms with Crippen LogP contribution in [0.4, 0.5) is 0 Å². The SMILES string of the molecule is OCC1(c2cccc3c2CCCC3)CCC1. The average Bonchev–Trinajstić information content (AvgIpc) is 2.29. The monoisotopic (exact) mass is 216 g/mol. The lowest BCUT2D eigenvalue weighted by molar-refractivity contribution is 0.119. The Morgan fingerprint density at radius 3 is 2.56 bits per heavy atom. The zero-order valence-corrected chi connectivity index (χ0v) is 9.84. The van der Waals surface area contributed by atoms with E-state index < -0.39 is 0 Å². The fraction of sp³-hybridized carbons (Fsp3) is 0.600. The standard InChI is InChI=1S/C15H20O/c16-11-15(9-4-10-15)14-8-3-6-12-5-1-2-7-13(12)14/h3,6,8,16H,1-2,4-5,7,9-11H2. The number of aliphatic hydroxyl groups is 1. The van der Waals surface area contributed by atoms with E-state index in [0.717, 1.165) is 0 Å². The molecule has 1 heteroatoms. The fourth-order valence-corrected chi connectivity index (χ4v) is 3.39. The summed E-state index contributed by atoms with van der Waals surface area (Å²) in [5, 5.41) is 9.69. The average molecular weight is 216 g/mol. The third-order valence-electron chi connectivity index (χ3n) is 4.58. The Morgan fingerprint density at radius 1 is 1.06 bits per heavy atom. The summed E-state index contributed by atoms with van der Waals surface area (Å²) in [5.74, 6) is 0. The largest absolute Gasteiger partial charge is 0.395 e. The predicted molar refractivity (Wildman–Crippen MR) is 65.7 cm³/mol. The van der Waals surface area contributed by atoms with E-state index in [9.17, 15) is 5.11 Å². The van der Waals surface area contributed by atoms with E-state index in [-0.39, 0.29) is 5.41 Å². The number of hydrogen-bond donors (Lipinski definition) is 1. The molecule has 0 spiro atoms. The van der Waals surface area contributed by atoms with Gasteiger partial charge in [0, 0.05) is 5.41 Å². The number of benzene rings is 1. The van der Waals surface area contributed by atoms with Crippen molar-refractivity contribution in [1.29, 1.82) is 0 Å². The van der Waals surface area contributed by atoms with Crippen LogP contribution in [0.3, 0.4) is 0 Å². The van der Waals surface area contributed by atoms with Crippen molar-refractivity contribution in [3.63, 3.8) is 0 Å². The zero-order chi connectivity index (χ0) is 11.0. The Balaban J connectivity index is 2.06. The maximum absolute atomic E-state index is 9.69. The first-order valence-electron chi connectivity index (χ1n) is 6.58. The molecule has 0 atom stereocenters. The summed E-state index contributed by atoms with van der Waals surface area (Å²) in [4.78, 5) is 0. The highest BCUT2D eigenvalue weighted by molar-refractivity contribution is 5.43. The molecule has 1 saturated carbocycles. The van der Waals surface area contributed by atoms with Crippen molar-refractivity contribution in [2.75, 3.05) is 6.61 Å². The van der Waals surface area contributed by atoms with Crippen molar-refractivity contribution < 1.29 is 5.11 Å². The lowest BCUT2D eigenvalue weighted by atomic mass is 9.62. The van der Waals surface area contributed by atoms with Crippen molar-refractivity contribution >= 4 is 0 Å². The zero-order valence-electron chi connectivity index (χ0n) is 9.84. The summed E-state index contributed by atoms with van der Waals surface area (Å²) >= 11 is 0. The van der Waals surface area contributed by atoms with Crippen LogP contribution in [0, 0.1) is 0 Å². The van der Waals surface area contributed by atoms with Crippen LogP contribution in [-0.4, -0.2) is 11.7 Å². The Hall–Kier alpha value is -0.820. The maximum atomic E-state index is 9.69. The minimum Gasteiger partial charge on any atom is -0.395 e. The molecule has 0 unspecified atom stereocenters. The summed E-state index contributed by atoms with van der Waals surface area (Å²) in [5.41, 5.74) is 4.72. The molecule has 2 aliphatic carbocycles. The quantitative estimate of drug-likeness (QED) is 0.805. The molecule has 86 valence electrons. The second-order valence-electron chi connectivity index (χ2n) is 5.44. The Labute approximate surface area is 97.5 Å². The molecule has 2 aliphatic rings. The Kier molecular flexibility index (Phi) is 2.51. The molecular formula is C15H20O. The first-order chi connectivity index (χ1) is 7.86. The van der Waals surface area contributed by atoms with E-state index in [0.29, 0.717) is 6.61 Å². The van der Waals surface area contributed by atoms with E-state index in [1.165, 1.54) is 50.5 Å². The predicted octanol–water partition coefficient (Wildman–Crippen LogP) is 2.98. The Morgan fingerprint density at radius 2 is 1.88 bits per heavy atom. The van der Waals surface area contributed by atoms with Gasteiger partial charge >= 0.3 is 0 Å². The van der Waals surface area contributed by atoms with Gasteiger partial charge in [-0.15, -0.1) is 0 Å². The molecule has 0 bridgehead atoms. The van der Waals surface area contributed by atoms with Gasteiger partial charge in [-0.3, -0.25) is 0 Å². The molecule has 16 heavy (non-hydrogen) atoms. The van der Waals surface area contributed by atoms with Crippen LogP contribution in [0.25, 0.3) is 0 Å². The molecule has 1 fully saturated rings. The molecule has 1 nitrogen and oxygen atoms in total. The van der Waals surface area contributed by atoms with E-state index in [1.54, 1.807) is 11.1 Å². The van der Waals surface area contributed by atoms with Gasteiger partial charge in [0.25, 0.3) is 0 Å². The van der Waals surface area contributed by atoms with Crippen molar-refractivity contribution in [3.05, 3.63) is 34.9 Å². The maximum Gasteiger partial charge on any atom is 0.0528 e. The van der Waals surface area contributed by atoms with Gasteiger partial charge in [-0.1, -0.05) is 24.6 Å². The molecule has 1 aromatic rings. The van der Waals surface area contributed by atoms with Crippen LogP contribution in [0.15, 0.2) is 18.2 Å². The number of hydrogen-bond acceptors (Lipinski definition) is 1. The van der Waals surface area contributed by atoms with Crippen molar-refractivity contribution in [2.45, 2.75) is 50.4 Å². The lowest BCUT2D eigenvalue weighted by Gasteiger charge is -2.43. The van der Waals surface area contributed by atoms with Crippen LogP contribution in [0.1, 0.15) is 48.8 Å².